The zero-order valence-electron chi connectivity index (χ0n) is 8.46. The maximum Gasteiger partial charge on any atom is 0.213 e. The van der Waals surface area contributed by atoms with Gasteiger partial charge in [0, 0.05) is 31.0 Å². The molecule has 0 fully saturated rings. The van der Waals surface area contributed by atoms with Crippen LogP contribution in [0.3, 0.4) is 0 Å². The molecule has 0 radical (unpaired) electrons. The fraction of sp³-hybridized carbons (Fsp3) is 0.0833. The second kappa shape index (κ2) is 2.98. The second-order valence-corrected chi connectivity index (χ2v) is 3.58. The molecule has 74 valence electrons. The summed E-state index contributed by atoms with van der Waals surface area (Å²) in [5.74, 6) is 0.941. The van der Waals surface area contributed by atoms with Crippen LogP contribution in [0.15, 0.2) is 48.9 Å². The monoisotopic (exact) mass is 197 g/mol. The number of imidazole rings is 1. The Morgan fingerprint density at radius 2 is 1.93 bits per heavy atom. The average molecular weight is 197 g/mol. The van der Waals surface area contributed by atoms with Crippen molar-refractivity contribution in [2.75, 3.05) is 0 Å². The fourth-order valence-electron chi connectivity index (χ4n) is 1.85. The lowest BCUT2D eigenvalue weighted by atomic mass is 10.2. The Morgan fingerprint density at radius 1 is 1.07 bits per heavy atom. The van der Waals surface area contributed by atoms with Gasteiger partial charge in [-0.05, 0) is 12.1 Å². The third-order valence-electron chi connectivity index (χ3n) is 2.61. The Morgan fingerprint density at radius 3 is 2.73 bits per heavy atom. The molecule has 0 bridgehead atoms. The predicted octanol–water partition coefficient (Wildman–Crippen LogP) is 2.36. The van der Waals surface area contributed by atoms with E-state index in [9.17, 15) is 0 Å². The highest BCUT2D eigenvalue weighted by molar-refractivity contribution is 5.81. The molecule has 3 rings (SSSR count). The van der Waals surface area contributed by atoms with E-state index in [0.717, 1.165) is 5.95 Å². The van der Waals surface area contributed by atoms with E-state index in [0.29, 0.717) is 0 Å². The molecule has 2 heterocycles. The van der Waals surface area contributed by atoms with Crippen molar-refractivity contribution in [3.05, 3.63) is 48.9 Å². The van der Waals surface area contributed by atoms with Crippen molar-refractivity contribution in [1.82, 2.24) is 14.1 Å². The largest absolute Gasteiger partial charge is 0.320 e. The minimum absolute atomic E-state index is 0.941. The number of rotatable bonds is 1. The van der Waals surface area contributed by atoms with Crippen LogP contribution >= 0.6 is 0 Å². The van der Waals surface area contributed by atoms with Crippen molar-refractivity contribution in [2.24, 2.45) is 7.05 Å². The molecular formula is C12H11N3. The molecule has 1 aromatic carbocycles. The van der Waals surface area contributed by atoms with E-state index >= 15 is 0 Å². The summed E-state index contributed by atoms with van der Waals surface area (Å²) < 4.78 is 4.10. The third-order valence-corrected chi connectivity index (χ3v) is 2.61. The van der Waals surface area contributed by atoms with Gasteiger partial charge < -0.3 is 4.57 Å². The van der Waals surface area contributed by atoms with Gasteiger partial charge in [0.2, 0.25) is 5.95 Å². The Labute approximate surface area is 87.6 Å². The first-order valence-corrected chi connectivity index (χ1v) is 4.90. The lowest BCUT2D eigenvalue weighted by Gasteiger charge is -2.04. The molecule has 2 aromatic heterocycles. The molecule has 0 atom stereocenters. The van der Waals surface area contributed by atoms with Gasteiger partial charge in [0.1, 0.15) is 0 Å². The van der Waals surface area contributed by atoms with Crippen molar-refractivity contribution in [3.63, 3.8) is 0 Å². The molecule has 0 aliphatic rings. The van der Waals surface area contributed by atoms with Crippen LogP contribution in [0.25, 0.3) is 16.9 Å². The minimum atomic E-state index is 0.941. The molecule has 0 unspecified atom stereocenters. The van der Waals surface area contributed by atoms with Crippen LogP contribution in [0.5, 0.6) is 0 Å². The van der Waals surface area contributed by atoms with Crippen LogP contribution in [0.1, 0.15) is 0 Å². The van der Waals surface area contributed by atoms with E-state index in [2.05, 4.69) is 27.8 Å². The lowest BCUT2D eigenvalue weighted by molar-refractivity contribution is 0.835. The standard InChI is InChI=1S/C12H11N3/c1-14-9-7-13-12(14)15-8-6-10-4-2-3-5-11(10)15/h2-9H,1H3. The molecule has 0 N–H and O–H groups in total. The van der Waals surface area contributed by atoms with Gasteiger partial charge in [0.05, 0.1) is 5.52 Å². The molecule has 0 spiro atoms. The summed E-state index contributed by atoms with van der Waals surface area (Å²) in [6.07, 6.45) is 5.81. The van der Waals surface area contributed by atoms with Gasteiger partial charge in [-0.25, -0.2) is 4.98 Å². The van der Waals surface area contributed by atoms with Crippen LogP contribution in [0.4, 0.5) is 0 Å². The molecule has 3 aromatic rings. The molecule has 3 heteroatoms. The van der Waals surface area contributed by atoms with E-state index in [1.165, 1.54) is 10.9 Å². The van der Waals surface area contributed by atoms with Crippen molar-refractivity contribution < 1.29 is 0 Å². The quantitative estimate of drug-likeness (QED) is 0.587. The van der Waals surface area contributed by atoms with Crippen LogP contribution in [0.2, 0.25) is 0 Å². The highest BCUT2D eigenvalue weighted by atomic mass is 15.2. The van der Waals surface area contributed by atoms with Crippen LogP contribution in [0, 0.1) is 0 Å². The first-order chi connectivity index (χ1) is 7.36. The normalized spacial score (nSPS) is 11.0. The highest BCUT2D eigenvalue weighted by Crippen LogP contribution is 2.18. The van der Waals surface area contributed by atoms with Crippen LogP contribution in [-0.4, -0.2) is 14.1 Å². The number of aromatic nitrogens is 3. The molecule has 0 aliphatic heterocycles. The fourth-order valence-corrected chi connectivity index (χ4v) is 1.85. The Balaban J connectivity index is 2.32. The number of aryl methyl sites for hydroxylation is 1. The van der Waals surface area contributed by atoms with Gasteiger partial charge in [-0.2, -0.15) is 0 Å². The number of hydrogen-bond donors (Lipinski definition) is 0. The number of nitrogens with zero attached hydrogens (tertiary/aromatic N) is 3. The van der Waals surface area contributed by atoms with Gasteiger partial charge in [0.25, 0.3) is 0 Å². The van der Waals surface area contributed by atoms with Crippen LogP contribution < -0.4 is 0 Å². The summed E-state index contributed by atoms with van der Waals surface area (Å²) in [5, 5.41) is 1.24. The highest BCUT2D eigenvalue weighted by Gasteiger charge is 2.05. The number of hydrogen-bond acceptors (Lipinski definition) is 1. The molecule has 0 aliphatic carbocycles. The van der Waals surface area contributed by atoms with Gasteiger partial charge >= 0.3 is 0 Å². The zero-order valence-corrected chi connectivity index (χ0v) is 8.46. The van der Waals surface area contributed by atoms with Crippen LogP contribution in [-0.2, 0) is 7.05 Å². The van der Waals surface area contributed by atoms with E-state index < -0.39 is 0 Å². The smallest absolute Gasteiger partial charge is 0.213 e. The Kier molecular flexibility index (Phi) is 1.65. The van der Waals surface area contributed by atoms with E-state index in [1.807, 2.05) is 42.3 Å². The summed E-state index contributed by atoms with van der Waals surface area (Å²) in [7, 11) is 2.00. The van der Waals surface area contributed by atoms with Crippen molar-refractivity contribution in [3.8, 4) is 5.95 Å². The zero-order chi connectivity index (χ0) is 10.3. The predicted molar refractivity (Wildman–Crippen MR) is 60.0 cm³/mol. The summed E-state index contributed by atoms with van der Waals surface area (Å²) in [4.78, 5) is 4.33. The number of para-hydroxylation sites is 1. The number of benzene rings is 1. The first kappa shape index (κ1) is 8.29. The third kappa shape index (κ3) is 1.16. The van der Waals surface area contributed by atoms with E-state index in [4.69, 9.17) is 0 Å². The molecule has 0 saturated heterocycles. The van der Waals surface area contributed by atoms with Gasteiger partial charge in [-0.3, -0.25) is 4.57 Å². The maximum atomic E-state index is 4.33. The summed E-state index contributed by atoms with van der Waals surface area (Å²) in [6, 6.07) is 10.4. The Hall–Kier alpha value is -2.03. The average Bonchev–Trinajstić information content (AvgIpc) is 2.83. The van der Waals surface area contributed by atoms with Gasteiger partial charge in [0.15, 0.2) is 0 Å². The molecule has 0 amide bonds. The summed E-state index contributed by atoms with van der Waals surface area (Å²) >= 11 is 0. The second-order valence-electron chi connectivity index (χ2n) is 3.58. The number of fused-ring (bicyclic) bond motifs is 1. The van der Waals surface area contributed by atoms with Gasteiger partial charge in [-0.15, -0.1) is 0 Å². The minimum Gasteiger partial charge on any atom is -0.320 e. The summed E-state index contributed by atoms with van der Waals surface area (Å²) in [5.41, 5.74) is 1.19. The molecule has 3 nitrogen and oxygen atoms in total. The maximum absolute atomic E-state index is 4.33. The van der Waals surface area contributed by atoms with Gasteiger partial charge in [-0.1, -0.05) is 18.2 Å². The van der Waals surface area contributed by atoms with Crippen molar-refractivity contribution in [1.29, 1.82) is 0 Å². The topological polar surface area (TPSA) is 22.8 Å². The Bertz CT molecular complexity index is 604. The summed E-state index contributed by atoms with van der Waals surface area (Å²) in [6.45, 7) is 0. The van der Waals surface area contributed by atoms with Crippen molar-refractivity contribution >= 4 is 10.9 Å². The SMILES string of the molecule is Cn1ccnc1-n1ccc2ccccc21. The van der Waals surface area contributed by atoms with E-state index in [-0.39, 0.29) is 0 Å². The van der Waals surface area contributed by atoms with Crippen molar-refractivity contribution in [2.45, 2.75) is 0 Å². The first-order valence-electron chi connectivity index (χ1n) is 4.90. The van der Waals surface area contributed by atoms with E-state index in [1.54, 1.807) is 0 Å². The molecular weight excluding hydrogens is 186 g/mol. The lowest BCUT2D eigenvalue weighted by Crippen LogP contribution is -2.00. The molecule has 0 saturated carbocycles. The molecule has 15 heavy (non-hydrogen) atoms.